The van der Waals surface area contributed by atoms with Crippen molar-refractivity contribution in [2.24, 2.45) is 0 Å². The summed E-state index contributed by atoms with van der Waals surface area (Å²) in [5.74, 6) is 0. The molecule has 0 aliphatic rings. The van der Waals surface area contributed by atoms with Crippen LogP contribution >= 0.6 is 0 Å². The van der Waals surface area contributed by atoms with Crippen LogP contribution in [-0.2, 0) is 5.60 Å². The molecular formula is C26H38OSi. The first-order valence-corrected chi connectivity index (χ1v) is 14.5. The van der Waals surface area contributed by atoms with Crippen LogP contribution in [0.1, 0.15) is 56.6 Å². The van der Waals surface area contributed by atoms with Gasteiger partial charge in [0.1, 0.15) is 5.60 Å². The smallest absolute Gasteiger partial charge is 0.115 e. The predicted molar refractivity (Wildman–Crippen MR) is 125 cm³/mol. The van der Waals surface area contributed by atoms with E-state index >= 15 is 0 Å². The van der Waals surface area contributed by atoms with Crippen molar-refractivity contribution in [1.82, 2.24) is 0 Å². The number of aliphatic hydroxyl groups is 1. The molecule has 0 heterocycles. The molecule has 0 aliphatic heterocycles. The minimum absolute atomic E-state index is 0.699. The van der Waals surface area contributed by atoms with E-state index in [1.165, 1.54) is 25.7 Å². The Bertz CT molecular complexity index is 661. The standard InChI is InChI=1S/C26H38OSi/c1-5-6-9-20-25(28(2,3)4)21-14-15-22-26(27,23-16-10-7-11-17-23)24-18-12-8-13-19-24/h7-8,10-14,16-19,21,25,27H,5-6,9,15,20,22H2,1-4H3/b21-14+. The van der Waals surface area contributed by atoms with E-state index < -0.39 is 13.7 Å². The Hall–Kier alpha value is -1.64. The van der Waals surface area contributed by atoms with Crippen molar-refractivity contribution in [3.8, 4) is 0 Å². The van der Waals surface area contributed by atoms with Crippen LogP contribution in [-0.4, -0.2) is 13.2 Å². The van der Waals surface area contributed by atoms with Gasteiger partial charge in [-0.25, -0.2) is 0 Å². The van der Waals surface area contributed by atoms with Crippen LogP contribution in [0, 0.1) is 0 Å². The van der Waals surface area contributed by atoms with Crippen LogP contribution < -0.4 is 0 Å². The first-order valence-electron chi connectivity index (χ1n) is 10.9. The van der Waals surface area contributed by atoms with E-state index in [1.54, 1.807) is 0 Å². The second-order valence-corrected chi connectivity index (χ2v) is 14.5. The summed E-state index contributed by atoms with van der Waals surface area (Å²) in [6.45, 7) is 9.68. The van der Waals surface area contributed by atoms with Crippen molar-refractivity contribution in [3.05, 3.63) is 83.9 Å². The fraction of sp³-hybridized carbons (Fsp3) is 0.462. The van der Waals surface area contributed by atoms with E-state index in [4.69, 9.17) is 0 Å². The highest BCUT2D eigenvalue weighted by molar-refractivity contribution is 6.78. The van der Waals surface area contributed by atoms with Crippen LogP contribution in [0.3, 0.4) is 0 Å². The molecule has 0 saturated heterocycles. The van der Waals surface area contributed by atoms with Crippen molar-refractivity contribution in [2.75, 3.05) is 0 Å². The zero-order valence-electron chi connectivity index (χ0n) is 18.2. The highest BCUT2D eigenvalue weighted by Crippen LogP contribution is 2.35. The number of benzene rings is 2. The average Bonchev–Trinajstić information content (AvgIpc) is 2.70. The highest BCUT2D eigenvalue weighted by atomic mass is 28.3. The van der Waals surface area contributed by atoms with E-state index in [0.717, 1.165) is 23.1 Å². The quantitative estimate of drug-likeness (QED) is 0.237. The molecule has 0 fully saturated rings. The van der Waals surface area contributed by atoms with E-state index in [-0.39, 0.29) is 0 Å². The highest BCUT2D eigenvalue weighted by Gasteiger charge is 2.30. The molecule has 0 saturated carbocycles. The Kier molecular flexibility index (Phi) is 8.72. The summed E-state index contributed by atoms with van der Waals surface area (Å²) < 4.78 is 0. The lowest BCUT2D eigenvalue weighted by Gasteiger charge is -2.29. The van der Waals surface area contributed by atoms with Crippen molar-refractivity contribution in [1.29, 1.82) is 0 Å². The molecule has 2 rings (SSSR count). The molecule has 1 N–H and O–H groups in total. The topological polar surface area (TPSA) is 20.2 Å². The van der Waals surface area contributed by atoms with Crippen LogP contribution in [0.15, 0.2) is 72.8 Å². The molecule has 0 amide bonds. The van der Waals surface area contributed by atoms with Gasteiger partial charge in [0, 0.05) is 0 Å². The maximum Gasteiger partial charge on any atom is 0.115 e. The van der Waals surface area contributed by atoms with E-state index in [9.17, 15) is 5.11 Å². The van der Waals surface area contributed by atoms with Gasteiger partial charge in [0.05, 0.1) is 8.07 Å². The Balaban J connectivity index is 2.12. The molecule has 2 aromatic carbocycles. The molecule has 0 spiro atoms. The molecule has 2 heteroatoms. The SMILES string of the molecule is CCCCCC(/C=C/CCC(O)(c1ccccc1)c1ccccc1)[Si](C)(C)C. The number of hydrogen-bond acceptors (Lipinski definition) is 1. The Morgan fingerprint density at radius 3 is 1.89 bits per heavy atom. The molecule has 0 aliphatic carbocycles. The second kappa shape index (κ2) is 10.8. The summed E-state index contributed by atoms with van der Waals surface area (Å²) in [6.07, 6.45) is 11.6. The Morgan fingerprint density at radius 1 is 0.893 bits per heavy atom. The number of rotatable bonds is 11. The van der Waals surface area contributed by atoms with Crippen molar-refractivity contribution in [2.45, 2.75) is 76.2 Å². The Morgan fingerprint density at radius 2 is 1.43 bits per heavy atom. The fourth-order valence-corrected chi connectivity index (χ4v) is 5.65. The third kappa shape index (κ3) is 6.46. The lowest BCUT2D eigenvalue weighted by molar-refractivity contribution is 0.0721. The third-order valence-electron chi connectivity index (χ3n) is 5.77. The van der Waals surface area contributed by atoms with Crippen LogP contribution in [0.2, 0.25) is 25.2 Å². The van der Waals surface area contributed by atoms with Gasteiger partial charge in [-0.3, -0.25) is 0 Å². The minimum atomic E-state index is -1.21. The lowest BCUT2D eigenvalue weighted by Crippen LogP contribution is -2.27. The first kappa shape index (κ1) is 22.6. The molecule has 152 valence electrons. The molecule has 0 aromatic heterocycles. The number of hydrogen-bond donors (Lipinski definition) is 1. The van der Waals surface area contributed by atoms with E-state index in [1.807, 2.05) is 60.7 Å². The largest absolute Gasteiger partial charge is 0.380 e. The molecule has 0 radical (unpaired) electrons. The maximum absolute atomic E-state index is 11.6. The van der Waals surface area contributed by atoms with Gasteiger partial charge >= 0.3 is 0 Å². The van der Waals surface area contributed by atoms with Gasteiger partial charge in [-0.05, 0) is 35.9 Å². The zero-order chi connectivity index (χ0) is 20.5. The van der Waals surface area contributed by atoms with E-state index in [2.05, 4.69) is 38.7 Å². The summed E-state index contributed by atoms with van der Waals surface area (Å²) in [4.78, 5) is 0. The van der Waals surface area contributed by atoms with Gasteiger partial charge in [-0.15, -0.1) is 0 Å². The maximum atomic E-state index is 11.6. The third-order valence-corrected chi connectivity index (χ3v) is 8.48. The van der Waals surface area contributed by atoms with Gasteiger partial charge in [-0.2, -0.15) is 0 Å². The molecule has 0 bridgehead atoms. The summed E-state index contributed by atoms with van der Waals surface area (Å²) in [6, 6.07) is 20.2. The average molecular weight is 395 g/mol. The van der Waals surface area contributed by atoms with Crippen LogP contribution in [0.4, 0.5) is 0 Å². The molecule has 1 unspecified atom stereocenters. The summed E-state index contributed by atoms with van der Waals surface area (Å²) in [7, 11) is -1.21. The number of allylic oxidation sites excluding steroid dienone is 2. The van der Waals surface area contributed by atoms with Gasteiger partial charge in [0.15, 0.2) is 0 Å². The summed E-state index contributed by atoms with van der Waals surface area (Å²) >= 11 is 0. The van der Waals surface area contributed by atoms with Crippen LogP contribution in [0.25, 0.3) is 0 Å². The normalized spacial score (nSPS) is 13.8. The van der Waals surface area contributed by atoms with Gasteiger partial charge in [0.25, 0.3) is 0 Å². The minimum Gasteiger partial charge on any atom is -0.380 e. The second-order valence-electron chi connectivity index (χ2n) is 9.03. The van der Waals surface area contributed by atoms with E-state index in [0.29, 0.717) is 6.42 Å². The molecule has 1 nitrogen and oxygen atoms in total. The van der Waals surface area contributed by atoms with Crippen molar-refractivity contribution >= 4 is 8.07 Å². The monoisotopic (exact) mass is 394 g/mol. The number of unbranched alkanes of at least 4 members (excludes halogenated alkanes) is 2. The lowest BCUT2D eigenvalue weighted by atomic mass is 9.82. The van der Waals surface area contributed by atoms with Crippen molar-refractivity contribution < 1.29 is 5.11 Å². The van der Waals surface area contributed by atoms with Gasteiger partial charge < -0.3 is 5.11 Å². The molecule has 1 atom stereocenters. The Labute approximate surface area is 173 Å². The van der Waals surface area contributed by atoms with Crippen LogP contribution in [0.5, 0.6) is 0 Å². The fourth-order valence-electron chi connectivity index (χ4n) is 3.87. The first-order chi connectivity index (χ1) is 13.4. The van der Waals surface area contributed by atoms with Crippen molar-refractivity contribution in [3.63, 3.8) is 0 Å². The molecule has 2 aromatic rings. The van der Waals surface area contributed by atoms with Gasteiger partial charge in [0.2, 0.25) is 0 Å². The molecule has 28 heavy (non-hydrogen) atoms. The van der Waals surface area contributed by atoms with Gasteiger partial charge in [-0.1, -0.05) is 119 Å². The zero-order valence-corrected chi connectivity index (χ0v) is 19.2. The summed E-state index contributed by atoms with van der Waals surface area (Å²) in [5.41, 5.74) is 1.73. The molecular weight excluding hydrogens is 356 g/mol. The predicted octanol–water partition coefficient (Wildman–Crippen LogP) is 7.55. The summed E-state index contributed by atoms with van der Waals surface area (Å²) in [5, 5.41) is 11.6.